The molecule has 1 fully saturated rings. The van der Waals surface area contributed by atoms with Crippen molar-refractivity contribution >= 4 is 0 Å². The fourth-order valence-corrected chi connectivity index (χ4v) is 1.01. The maximum absolute atomic E-state index is 5.20. The second-order valence-corrected chi connectivity index (χ2v) is 2.25. The average Bonchev–Trinajstić information content (AvgIpc) is 1.66. The first-order valence-electron chi connectivity index (χ1n) is 2.97. The van der Waals surface area contributed by atoms with E-state index in [1.54, 1.807) is 0 Å². The maximum atomic E-state index is 5.20. The molecule has 0 heterocycles. The highest BCUT2D eigenvalue weighted by Crippen LogP contribution is 2.33. The lowest BCUT2D eigenvalue weighted by atomic mass is 9.74. The Balaban J connectivity index is 2.40. The molecule has 0 spiro atoms. The molecule has 1 aliphatic rings. The molecule has 0 aliphatic heterocycles. The Bertz CT molecular complexity index is 127. The third-order valence-electron chi connectivity index (χ3n) is 1.84. The first-order chi connectivity index (χ1) is 3.88. The molecule has 1 saturated carbocycles. The van der Waals surface area contributed by atoms with Crippen LogP contribution in [0.4, 0.5) is 0 Å². The third-order valence-corrected chi connectivity index (χ3v) is 1.84. The van der Waals surface area contributed by atoms with Crippen molar-refractivity contribution < 1.29 is 0 Å². The van der Waals surface area contributed by atoms with Crippen LogP contribution in [0.25, 0.3) is 0 Å². The molecular weight excluding hydrogens is 96.1 g/mol. The molecule has 0 aromatic heterocycles. The molecule has 42 valence electrons. The number of terminal acetylenes is 1. The number of rotatable bonds is 1. The smallest absolute Gasteiger partial charge is 0.0263 e. The Morgan fingerprint density at radius 2 is 2.38 bits per heavy atom. The number of hydrogen-bond donors (Lipinski definition) is 0. The van der Waals surface area contributed by atoms with E-state index in [-0.39, 0.29) is 0 Å². The van der Waals surface area contributed by atoms with Gasteiger partial charge in [-0.1, -0.05) is 6.08 Å². The summed E-state index contributed by atoms with van der Waals surface area (Å²) in [5.74, 6) is 3.86. The van der Waals surface area contributed by atoms with Crippen LogP contribution in [0.5, 0.6) is 0 Å². The summed E-state index contributed by atoms with van der Waals surface area (Å²) in [7, 11) is 0. The van der Waals surface area contributed by atoms with Crippen LogP contribution < -0.4 is 0 Å². The highest BCUT2D eigenvalue weighted by molar-refractivity contribution is 5.06. The van der Waals surface area contributed by atoms with Crippen LogP contribution in [-0.4, -0.2) is 0 Å². The van der Waals surface area contributed by atoms with Crippen molar-refractivity contribution in [1.29, 1.82) is 0 Å². The molecule has 0 bridgehead atoms. The molecule has 2 atom stereocenters. The van der Waals surface area contributed by atoms with E-state index in [2.05, 4.69) is 12.5 Å². The van der Waals surface area contributed by atoms with E-state index in [0.717, 1.165) is 0 Å². The molecular formula is C8H10. The molecule has 0 nitrogen and oxygen atoms in total. The zero-order valence-corrected chi connectivity index (χ0v) is 4.93. The van der Waals surface area contributed by atoms with Crippen molar-refractivity contribution in [2.24, 2.45) is 11.8 Å². The molecule has 0 radical (unpaired) electrons. The highest BCUT2D eigenvalue weighted by Gasteiger charge is 2.25. The maximum Gasteiger partial charge on any atom is 0.0263 e. The molecule has 1 rings (SSSR count). The lowest BCUT2D eigenvalue weighted by Gasteiger charge is -2.29. The molecule has 2 unspecified atom stereocenters. The van der Waals surface area contributed by atoms with E-state index in [1.807, 2.05) is 6.08 Å². The molecule has 0 amide bonds. The van der Waals surface area contributed by atoms with E-state index < -0.39 is 0 Å². The van der Waals surface area contributed by atoms with Crippen molar-refractivity contribution in [3.63, 3.8) is 0 Å². The molecule has 0 N–H and O–H groups in total. The van der Waals surface area contributed by atoms with Gasteiger partial charge in [0.2, 0.25) is 0 Å². The zero-order chi connectivity index (χ0) is 5.98. The molecule has 0 aromatic carbocycles. The minimum atomic E-state index is 0.507. The van der Waals surface area contributed by atoms with Crippen LogP contribution >= 0.6 is 0 Å². The number of hydrogen-bond acceptors (Lipinski definition) is 0. The summed E-state index contributed by atoms with van der Waals surface area (Å²) in [5.41, 5.74) is 0. The first-order valence-corrected chi connectivity index (χ1v) is 2.97. The second kappa shape index (κ2) is 2.05. The van der Waals surface area contributed by atoms with E-state index >= 15 is 0 Å². The predicted molar refractivity (Wildman–Crippen MR) is 35.2 cm³/mol. The Morgan fingerprint density at radius 3 is 2.50 bits per heavy atom. The molecule has 0 aromatic rings. The Morgan fingerprint density at radius 1 is 1.62 bits per heavy atom. The molecule has 0 heteroatoms. The third kappa shape index (κ3) is 0.648. The van der Waals surface area contributed by atoms with Gasteiger partial charge in [-0.25, -0.2) is 0 Å². The summed E-state index contributed by atoms with van der Waals surface area (Å²) >= 11 is 0. The largest absolute Gasteiger partial charge is 0.120 e. The van der Waals surface area contributed by atoms with Crippen molar-refractivity contribution in [1.82, 2.24) is 0 Å². The Labute approximate surface area is 50.6 Å². The molecule has 8 heavy (non-hydrogen) atoms. The van der Waals surface area contributed by atoms with E-state index in [4.69, 9.17) is 6.42 Å². The van der Waals surface area contributed by atoms with Gasteiger partial charge in [-0.15, -0.1) is 18.9 Å². The van der Waals surface area contributed by atoms with Gasteiger partial charge in [0.1, 0.15) is 0 Å². The fourth-order valence-electron chi connectivity index (χ4n) is 1.01. The van der Waals surface area contributed by atoms with E-state index in [1.165, 1.54) is 12.8 Å². The topological polar surface area (TPSA) is 0 Å². The summed E-state index contributed by atoms with van der Waals surface area (Å²) in [5, 5.41) is 0. The van der Waals surface area contributed by atoms with Crippen molar-refractivity contribution in [3.05, 3.63) is 12.7 Å². The zero-order valence-electron chi connectivity index (χ0n) is 4.93. The van der Waals surface area contributed by atoms with Crippen molar-refractivity contribution in [2.45, 2.75) is 12.8 Å². The van der Waals surface area contributed by atoms with E-state index in [0.29, 0.717) is 11.8 Å². The van der Waals surface area contributed by atoms with Gasteiger partial charge in [0.05, 0.1) is 0 Å². The van der Waals surface area contributed by atoms with Crippen molar-refractivity contribution in [2.75, 3.05) is 0 Å². The lowest BCUT2D eigenvalue weighted by molar-refractivity contribution is 0.298. The Hall–Kier alpha value is -0.700. The number of allylic oxidation sites excluding steroid dienone is 1. The van der Waals surface area contributed by atoms with Crippen LogP contribution in [-0.2, 0) is 0 Å². The SMILES string of the molecule is C#CC1CCC1C=C. The van der Waals surface area contributed by atoms with Gasteiger partial charge in [-0.05, 0) is 18.8 Å². The standard InChI is InChI=1S/C8H10/c1-3-7-5-6-8(7)4-2/h1,4,7-8H,2,5-6H2. The van der Waals surface area contributed by atoms with Crippen LogP contribution in [0.1, 0.15) is 12.8 Å². The quantitative estimate of drug-likeness (QED) is 0.353. The fraction of sp³-hybridized carbons (Fsp3) is 0.500. The van der Waals surface area contributed by atoms with Gasteiger partial charge < -0.3 is 0 Å². The van der Waals surface area contributed by atoms with E-state index in [9.17, 15) is 0 Å². The lowest BCUT2D eigenvalue weighted by Crippen LogP contribution is -2.21. The summed E-state index contributed by atoms with van der Waals surface area (Å²) in [6.07, 6.45) is 9.62. The average molecular weight is 106 g/mol. The van der Waals surface area contributed by atoms with Gasteiger partial charge in [-0.2, -0.15) is 0 Å². The van der Waals surface area contributed by atoms with Gasteiger partial charge in [0.25, 0.3) is 0 Å². The minimum absolute atomic E-state index is 0.507. The first kappa shape index (κ1) is 5.44. The minimum Gasteiger partial charge on any atom is -0.120 e. The monoisotopic (exact) mass is 106 g/mol. The van der Waals surface area contributed by atoms with Crippen LogP contribution in [0, 0.1) is 24.2 Å². The highest BCUT2D eigenvalue weighted by atomic mass is 14.3. The summed E-state index contributed by atoms with van der Waals surface area (Å²) in [4.78, 5) is 0. The summed E-state index contributed by atoms with van der Waals surface area (Å²) < 4.78 is 0. The van der Waals surface area contributed by atoms with Crippen LogP contribution in [0.3, 0.4) is 0 Å². The summed E-state index contributed by atoms with van der Waals surface area (Å²) in [6.45, 7) is 3.69. The van der Waals surface area contributed by atoms with Gasteiger partial charge in [-0.3, -0.25) is 0 Å². The normalized spacial score (nSPS) is 34.9. The van der Waals surface area contributed by atoms with Gasteiger partial charge in [0.15, 0.2) is 0 Å². The van der Waals surface area contributed by atoms with Crippen LogP contribution in [0.15, 0.2) is 12.7 Å². The van der Waals surface area contributed by atoms with Crippen molar-refractivity contribution in [3.8, 4) is 12.3 Å². The Kier molecular flexibility index (Phi) is 1.39. The predicted octanol–water partition coefficient (Wildman–Crippen LogP) is 1.83. The van der Waals surface area contributed by atoms with Gasteiger partial charge >= 0.3 is 0 Å². The summed E-state index contributed by atoms with van der Waals surface area (Å²) in [6, 6.07) is 0. The second-order valence-electron chi connectivity index (χ2n) is 2.25. The van der Waals surface area contributed by atoms with Crippen LogP contribution in [0.2, 0.25) is 0 Å². The molecule has 0 saturated heterocycles. The molecule has 1 aliphatic carbocycles. The van der Waals surface area contributed by atoms with Gasteiger partial charge in [0, 0.05) is 5.92 Å².